The average Bonchev–Trinajstić information content (AvgIpc) is 3.35. The Labute approximate surface area is 178 Å². The standard InChI is InChI=1S/C21H25N7O3/c1-3-11(2)16(19-24-13-6-4-5-7-14(13)25-19)26-15(29)8-12-9-28-10-23-17(18(22)30)20(28)27-21(12)31/h4-7,10-12,16H,3,8-9H2,1-2H3,(H2,22,30)(H,24,25)(H,26,29)(H,27,31). The van der Waals surface area contributed by atoms with Crippen LogP contribution in [0, 0.1) is 11.8 Å². The molecule has 3 amide bonds. The summed E-state index contributed by atoms with van der Waals surface area (Å²) in [7, 11) is 0. The number of nitrogens with zero attached hydrogens (tertiary/aromatic N) is 3. The maximum atomic E-state index is 12.9. The van der Waals surface area contributed by atoms with Crippen LogP contribution in [0.15, 0.2) is 30.6 Å². The summed E-state index contributed by atoms with van der Waals surface area (Å²) in [5, 5.41) is 5.69. The Morgan fingerprint density at radius 1 is 1.35 bits per heavy atom. The molecule has 1 aliphatic rings. The molecule has 0 saturated heterocycles. The average molecular weight is 423 g/mol. The number of carbonyl (C=O) groups excluding carboxylic acids is 3. The van der Waals surface area contributed by atoms with Crippen molar-refractivity contribution in [2.24, 2.45) is 17.6 Å². The number of rotatable bonds is 7. The van der Waals surface area contributed by atoms with Crippen LogP contribution in [0.2, 0.25) is 0 Å². The topological polar surface area (TPSA) is 148 Å². The zero-order valence-corrected chi connectivity index (χ0v) is 17.4. The van der Waals surface area contributed by atoms with E-state index in [1.165, 1.54) is 6.33 Å². The molecule has 10 nitrogen and oxygen atoms in total. The second-order valence-electron chi connectivity index (χ2n) is 7.92. The van der Waals surface area contributed by atoms with E-state index in [2.05, 4.69) is 39.4 Å². The first-order valence-corrected chi connectivity index (χ1v) is 10.3. The maximum absolute atomic E-state index is 12.9. The molecule has 3 atom stereocenters. The fourth-order valence-corrected chi connectivity index (χ4v) is 3.82. The molecule has 162 valence electrons. The molecule has 5 N–H and O–H groups in total. The van der Waals surface area contributed by atoms with Crippen LogP contribution in [-0.2, 0) is 16.1 Å². The van der Waals surface area contributed by atoms with E-state index in [0.29, 0.717) is 5.82 Å². The highest BCUT2D eigenvalue weighted by Gasteiger charge is 2.32. The largest absolute Gasteiger partial charge is 0.364 e. The molecule has 0 spiro atoms. The highest BCUT2D eigenvalue weighted by atomic mass is 16.2. The number of hydrogen-bond donors (Lipinski definition) is 4. The number of anilines is 1. The molecule has 0 saturated carbocycles. The van der Waals surface area contributed by atoms with Crippen LogP contribution in [0.5, 0.6) is 0 Å². The van der Waals surface area contributed by atoms with Crippen LogP contribution in [0.25, 0.3) is 11.0 Å². The molecule has 0 fully saturated rings. The van der Waals surface area contributed by atoms with Gasteiger partial charge in [-0.05, 0) is 18.1 Å². The van der Waals surface area contributed by atoms with Crippen molar-refractivity contribution in [2.75, 3.05) is 5.32 Å². The van der Waals surface area contributed by atoms with E-state index in [4.69, 9.17) is 5.73 Å². The Balaban J connectivity index is 1.49. The molecule has 3 heterocycles. The number of aromatic nitrogens is 4. The Hall–Kier alpha value is -3.69. The lowest BCUT2D eigenvalue weighted by Gasteiger charge is -2.26. The fraction of sp³-hybridized carbons (Fsp3) is 0.381. The Morgan fingerprint density at radius 2 is 2.13 bits per heavy atom. The number of H-pyrrole nitrogens is 1. The molecule has 0 aliphatic carbocycles. The zero-order chi connectivity index (χ0) is 22.1. The minimum absolute atomic E-state index is 0.00250. The van der Waals surface area contributed by atoms with E-state index in [1.807, 2.05) is 24.3 Å². The van der Waals surface area contributed by atoms with Crippen LogP contribution in [0.4, 0.5) is 5.82 Å². The normalized spacial score (nSPS) is 17.6. The van der Waals surface area contributed by atoms with Gasteiger partial charge in [0, 0.05) is 13.0 Å². The molecule has 2 aromatic heterocycles. The first-order chi connectivity index (χ1) is 14.9. The molecule has 3 unspecified atom stereocenters. The van der Waals surface area contributed by atoms with Crippen LogP contribution in [0.1, 0.15) is 49.0 Å². The number of aromatic amines is 1. The van der Waals surface area contributed by atoms with E-state index in [9.17, 15) is 14.4 Å². The van der Waals surface area contributed by atoms with Crippen molar-refractivity contribution in [3.05, 3.63) is 42.1 Å². The Kier molecular flexibility index (Phi) is 5.45. The fourth-order valence-electron chi connectivity index (χ4n) is 3.82. The third kappa shape index (κ3) is 4.00. The quantitative estimate of drug-likeness (QED) is 0.457. The summed E-state index contributed by atoms with van der Waals surface area (Å²) in [6.45, 7) is 4.35. The van der Waals surface area contributed by atoms with Gasteiger partial charge >= 0.3 is 0 Å². The molecule has 0 bridgehead atoms. The van der Waals surface area contributed by atoms with Gasteiger partial charge < -0.3 is 25.9 Å². The van der Waals surface area contributed by atoms with Crippen molar-refractivity contribution in [2.45, 2.75) is 39.3 Å². The Morgan fingerprint density at radius 3 is 2.84 bits per heavy atom. The van der Waals surface area contributed by atoms with Gasteiger partial charge in [0.1, 0.15) is 11.6 Å². The van der Waals surface area contributed by atoms with Crippen LogP contribution < -0.4 is 16.4 Å². The van der Waals surface area contributed by atoms with Gasteiger partial charge in [-0.1, -0.05) is 32.4 Å². The van der Waals surface area contributed by atoms with E-state index in [-0.39, 0.29) is 48.3 Å². The van der Waals surface area contributed by atoms with Gasteiger partial charge in [-0.2, -0.15) is 0 Å². The van der Waals surface area contributed by atoms with E-state index in [1.54, 1.807) is 4.57 Å². The lowest BCUT2D eigenvalue weighted by Crippen LogP contribution is -2.39. The predicted octanol–water partition coefficient (Wildman–Crippen LogP) is 1.72. The van der Waals surface area contributed by atoms with Crippen molar-refractivity contribution in [1.82, 2.24) is 24.8 Å². The van der Waals surface area contributed by atoms with Gasteiger partial charge in [0.25, 0.3) is 5.91 Å². The molecule has 31 heavy (non-hydrogen) atoms. The van der Waals surface area contributed by atoms with Gasteiger partial charge in [0.2, 0.25) is 11.8 Å². The van der Waals surface area contributed by atoms with Crippen molar-refractivity contribution in [1.29, 1.82) is 0 Å². The summed E-state index contributed by atoms with van der Waals surface area (Å²) in [4.78, 5) is 48.7. The van der Waals surface area contributed by atoms with Crippen LogP contribution in [0.3, 0.4) is 0 Å². The van der Waals surface area contributed by atoms with Gasteiger partial charge in [-0.15, -0.1) is 0 Å². The monoisotopic (exact) mass is 423 g/mol. The number of fused-ring (bicyclic) bond motifs is 2. The van der Waals surface area contributed by atoms with Crippen LogP contribution in [-0.4, -0.2) is 37.2 Å². The van der Waals surface area contributed by atoms with Gasteiger partial charge in [-0.3, -0.25) is 14.4 Å². The van der Waals surface area contributed by atoms with E-state index >= 15 is 0 Å². The van der Waals surface area contributed by atoms with E-state index < -0.39 is 11.8 Å². The Bertz CT molecular complexity index is 1120. The number of nitrogens with two attached hydrogens (primary N) is 1. The zero-order valence-electron chi connectivity index (χ0n) is 17.4. The van der Waals surface area contributed by atoms with Crippen molar-refractivity contribution in [3.63, 3.8) is 0 Å². The summed E-state index contributed by atoms with van der Waals surface area (Å²) in [6.07, 6.45) is 2.29. The molecule has 4 rings (SSSR count). The lowest BCUT2D eigenvalue weighted by molar-refractivity contribution is -0.128. The number of primary amides is 1. The second kappa shape index (κ2) is 8.21. The smallest absolute Gasteiger partial charge is 0.271 e. The van der Waals surface area contributed by atoms with E-state index in [0.717, 1.165) is 17.5 Å². The number of imidazole rings is 2. The molecular weight excluding hydrogens is 398 g/mol. The SMILES string of the molecule is CCC(C)C(NC(=O)CC1Cn2cnc(C(N)=O)c2NC1=O)c1nc2ccccc2[nH]1. The highest BCUT2D eigenvalue weighted by molar-refractivity contribution is 6.03. The molecule has 1 aromatic carbocycles. The second-order valence-corrected chi connectivity index (χ2v) is 7.92. The molecule has 0 radical (unpaired) electrons. The van der Waals surface area contributed by atoms with Crippen molar-refractivity contribution >= 4 is 34.6 Å². The van der Waals surface area contributed by atoms with Gasteiger partial charge in [-0.25, -0.2) is 9.97 Å². The summed E-state index contributed by atoms with van der Waals surface area (Å²) in [6, 6.07) is 7.40. The number of para-hydroxylation sites is 2. The predicted molar refractivity (Wildman–Crippen MR) is 114 cm³/mol. The summed E-state index contributed by atoms with van der Waals surface area (Å²) in [5.74, 6) is -0.779. The summed E-state index contributed by atoms with van der Waals surface area (Å²) in [5.41, 5.74) is 7.04. The first-order valence-electron chi connectivity index (χ1n) is 10.3. The summed E-state index contributed by atoms with van der Waals surface area (Å²) < 4.78 is 1.63. The van der Waals surface area contributed by atoms with Crippen LogP contribution >= 0.6 is 0 Å². The summed E-state index contributed by atoms with van der Waals surface area (Å²) >= 11 is 0. The lowest BCUT2D eigenvalue weighted by atomic mass is 9.97. The molecule has 10 heteroatoms. The number of nitrogens with one attached hydrogen (secondary N) is 3. The minimum atomic E-state index is -0.715. The number of carbonyl (C=O) groups is 3. The first kappa shape index (κ1) is 20.6. The van der Waals surface area contributed by atoms with Gasteiger partial charge in [0.15, 0.2) is 5.69 Å². The van der Waals surface area contributed by atoms with Crippen molar-refractivity contribution in [3.8, 4) is 0 Å². The number of hydrogen-bond acceptors (Lipinski definition) is 5. The molecular formula is C21H25N7O3. The number of amides is 3. The third-order valence-electron chi connectivity index (χ3n) is 5.76. The van der Waals surface area contributed by atoms with Crippen molar-refractivity contribution < 1.29 is 14.4 Å². The molecule has 1 aliphatic heterocycles. The highest BCUT2D eigenvalue weighted by Crippen LogP contribution is 2.27. The number of benzene rings is 1. The minimum Gasteiger partial charge on any atom is -0.364 e. The molecule has 3 aromatic rings. The maximum Gasteiger partial charge on any atom is 0.271 e. The van der Waals surface area contributed by atoms with Gasteiger partial charge in [0.05, 0.1) is 29.3 Å². The third-order valence-corrected chi connectivity index (χ3v) is 5.76.